The smallest absolute Gasteiger partial charge is 0.370 e. The number of halogens is 1. The zero-order chi connectivity index (χ0) is 12.0. The third kappa shape index (κ3) is 3.43. The summed E-state index contributed by atoms with van der Waals surface area (Å²) in [5.74, 6) is 0.0382. The molecule has 1 rings (SSSR count). The summed E-state index contributed by atoms with van der Waals surface area (Å²) >= 11 is 5.53. The molecule has 1 aromatic rings. The summed E-state index contributed by atoms with van der Waals surface area (Å²) in [7, 11) is 2.81. The molecule has 0 radical (unpaired) electrons. The van der Waals surface area contributed by atoms with Crippen LogP contribution in [0.4, 0.5) is 5.69 Å². The molecule has 0 atom stereocenters. The minimum absolute atomic E-state index is 0.265. The molecule has 1 aromatic carbocycles. The second-order valence-corrected chi connectivity index (χ2v) is 3.09. The van der Waals surface area contributed by atoms with Crippen molar-refractivity contribution in [3.05, 3.63) is 24.3 Å². The molecule has 1 N–H and O–H groups in total. The van der Waals surface area contributed by atoms with Crippen molar-refractivity contribution in [2.45, 2.75) is 0 Å². The fraction of sp³-hybridized carbons (Fsp3) is 0.200. The first-order valence-electron chi connectivity index (χ1n) is 4.39. The van der Waals surface area contributed by atoms with Crippen molar-refractivity contribution in [2.24, 2.45) is 5.10 Å². The Kier molecular flexibility index (Phi) is 4.60. The zero-order valence-electron chi connectivity index (χ0n) is 8.86. The van der Waals surface area contributed by atoms with Crippen LogP contribution in [0.2, 0.25) is 0 Å². The Morgan fingerprint density at radius 1 is 1.31 bits per heavy atom. The van der Waals surface area contributed by atoms with Crippen LogP contribution in [-0.2, 0) is 9.53 Å². The Labute approximate surface area is 98.0 Å². The van der Waals surface area contributed by atoms with Crippen LogP contribution >= 0.6 is 11.6 Å². The molecule has 0 aromatic heterocycles. The number of methoxy groups -OCH3 is 2. The lowest BCUT2D eigenvalue weighted by molar-refractivity contribution is -0.132. The lowest BCUT2D eigenvalue weighted by atomic mass is 10.3. The molecule has 0 spiro atoms. The van der Waals surface area contributed by atoms with Crippen LogP contribution < -0.4 is 10.2 Å². The number of nitrogens with zero attached hydrogens (tertiary/aromatic N) is 1. The molecule has 0 aliphatic heterocycles. The molecule has 0 unspecified atom stereocenters. The van der Waals surface area contributed by atoms with Gasteiger partial charge in [-0.15, -0.1) is 0 Å². The van der Waals surface area contributed by atoms with Crippen molar-refractivity contribution >= 4 is 28.4 Å². The minimum Gasteiger partial charge on any atom is -0.497 e. The van der Waals surface area contributed by atoms with Gasteiger partial charge in [-0.3, -0.25) is 5.43 Å². The summed E-state index contributed by atoms with van der Waals surface area (Å²) < 4.78 is 9.36. The molecular weight excluding hydrogens is 232 g/mol. The fourth-order valence-corrected chi connectivity index (χ4v) is 1.03. The first kappa shape index (κ1) is 12.3. The van der Waals surface area contributed by atoms with Gasteiger partial charge in [0.1, 0.15) is 5.75 Å². The summed E-state index contributed by atoms with van der Waals surface area (Å²) in [6.45, 7) is 0. The molecule has 0 amide bonds. The lowest BCUT2D eigenvalue weighted by Gasteiger charge is -2.02. The van der Waals surface area contributed by atoms with Gasteiger partial charge in [0.15, 0.2) is 0 Å². The van der Waals surface area contributed by atoms with E-state index < -0.39 is 5.97 Å². The van der Waals surface area contributed by atoms with Crippen LogP contribution in [0, 0.1) is 0 Å². The number of esters is 1. The SMILES string of the molecule is COC(=O)/C(Cl)=N/Nc1ccc(OC)cc1. The number of hydrogen-bond acceptors (Lipinski definition) is 5. The number of nitrogens with one attached hydrogen (secondary N) is 1. The first-order valence-corrected chi connectivity index (χ1v) is 4.76. The van der Waals surface area contributed by atoms with E-state index in [1.54, 1.807) is 31.4 Å². The largest absolute Gasteiger partial charge is 0.497 e. The van der Waals surface area contributed by atoms with E-state index in [0.717, 1.165) is 5.75 Å². The van der Waals surface area contributed by atoms with Crippen LogP contribution in [0.1, 0.15) is 0 Å². The van der Waals surface area contributed by atoms with E-state index in [1.165, 1.54) is 7.11 Å². The van der Waals surface area contributed by atoms with Crippen molar-refractivity contribution in [3.8, 4) is 5.75 Å². The van der Waals surface area contributed by atoms with Gasteiger partial charge in [0.2, 0.25) is 5.17 Å². The van der Waals surface area contributed by atoms with Gasteiger partial charge >= 0.3 is 5.97 Å². The molecule has 5 nitrogen and oxygen atoms in total. The topological polar surface area (TPSA) is 59.9 Å². The van der Waals surface area contributed by atoms with E-state index in [1.807, 2.05) is 0 Å². The molecule has 0 fully saturated rings. The third-order valence-corrected chi connectivity index (χ3v) is 1.97. The Morgan fingerprint density at radius 3 is 2.44 bits per heavy atom. The van der Waals surface area contributed by atoms with Crippen LogP contribution in [0.15, 0.2) is 29.4 Å². The zero-order valence-corrected chi connectivity index (χ0v) is 9.62. The van der Waals surface area contributed by atoms with Crippen LogP contribution in [0.25, 0.3) is 0 Å². The number of benzene rings is 1. The second kappa shape index (κ2) is 5.97. The average molecular weight is 243 g/mol. The molecule has 0 saturated carbocycles. The van der Waals surface area contributed by atoms with Crippen molar-refractivity contribution in [3.63, 3.8) is 0 Å². The van der Waals surface area contributed by atoms with Crippen molar-refractivity contribution in [2.75, 3.05) is 19.6 Å². The van der Waals surface area contributed by atoms with Gasteiger partial charge in [0.05, 0.1) is 19.9 Å². The number of anilines is 1. The summed E-state index contributed by atoms with van der Waals surface area (Å²) in [5, 5.41) is 3.37. The fourth-order valence-electron chi connectivity index (χ4n) is 0.909. The van der Waals surface area contributed by atoms with Crippen LogP contribution in [0.5, 0.6) is 5.75 Å². The predicted octanol–water partition coefficient (Wildman–Crippen LogP) is 1.83. The van der Waals surface area contributed by atoms with Gasteiger partial charge in [-0.1, -0.05) is 11.6 Å². The summed E-state index contributed by atoms with van der Waals surface area (Å²) in [6, 6.07) is 6.99. The normalized spacial score (nSPS) is 10.8. The summed E-state index contributed by atoms with van der Waals surface area (Å²) in [6.07, 6.45) is 0. The third-order valence-electron chi connectivity index (χ3n) is 1.73. The summed E-state index contributed by atoms with van der Waals surface area (Å²) in [4.78, 5) is 10.9. The monoisotopic (exact) mass is 242 g/mol. The summed E-state index contributed by atoms with van der Waals surface area (Å²) in [5.41, 5.74) is 3.29. The van der Waals surface area contributed by atoms with E-state index in [0.29, 0.717) is 5.69 Å². The number of carbonyl (C=O) groups excluding carboxylic acids is 1. The van der Waals surface area contributed by atoms with E-state index in [9.17, 15) is 4.79 Å². The van der Waals surface area contributed by atoms with Gasteiger partial charge in [-0.25, -0.2) is 4.79 Å². The average Bonchev–Trinajstić information content (AvgIpc) is 2.35. The second-order valence-electron chi connectivity index (χ2n) is 2.73. The number of ether oxygens (including phenoxy) is 2. The van der Waals surface area contributed by atoms with Crippen molar-refractivity contribution < 1.29 is 14.3 Å². The Balaban J connectivity index is 2.63. The van der Waals surface area contributed by atoms with Gasteiger partial charge in [-0.2, -0.15) is 5.10 Å². The first-order chi connectivity index (χ1) is 7.67. The van der Waals surface area contributed by atoms with E-state index in [4.69, 9.17) is 16.3 Å². The van der Waals surface area contributed by atoms with E-state index >= 15 is 0 Å². The number of rotatable bonds is 4. The number of hydrogen-bond donors (Lipinski definition) is 1. The van der Waals surface area contributed by atoms with E-state index in [2.05, 4.69) is 15.3 Å². The highest BCUT2D eigenvalue weighted by Gasteiger charge is 2.07. The molecule has 0 aliphatic rings. The predicted molar refractivity (Wildman–Crippen MR) is 61.9 cm³/mol. The molecule has 0 heterocycles. The highest BCUT2D eigenvalue weighted by molar-refractivity contribution is 6.82. The highest BCUT2D eigenvalue weighted by atomic mass is 35.5. The molecule has 16 heavy (non-hydrogen) atoms. The van der Waals surface area contributed by atoms with Gasteiger partial charge in [0, 0.05) is 0 Å². The maximum atomic E-state index is 10.9. The van der Waals surface area contributed by atoms with Crippen molar-refractivity contribution in [1.82, 2.24) is 0 Å². The highest BCUT2D eigenvalue weighted by Crippen LogP contribution is 2.14. The van der Waals surface area contributed by atoms with Crippen molar-refractivity contribution in [1.29, 1.82) is 0 Å². The minimum atomic E-state index is -0.692. The maximum Gasteiger partial charge on any atom is 0.370 e. The van der Waals surface area contributed by atoms with Gasteiger partial charge in [0.25, 0.3) is 0 Å². The maximum absolute atomic E-state index is 10.9. The van der Waals surface area contributed by atoms with E-state index in [-0.39, 0.29) is 5.17 Å². The molecule has 0 aliphatic carbocycles. The Morgan fingerprint density at radius 2 is 1.94 bits per heavy atom. The number of hydrazone groups is 1. The molecule has 0 saturated heterocycles. The quantitative estimate of drug-likeness (QED) is 0.497. The number of carbonyl (C=O) groups is 1. The Hall–Kier alpha value is -1.75. The molecular formula is C10H11ClN2O3. The standard InChI is InChI=1S/C10H11ClN2O3/c1-15-8-5-3-7(4-6-8)12-13-9(11)10(14)16-2/h3-6,12H,1-2H3/b13-9-. The van der Waals surface area contributed by atoms with Crippen LogP contribution in [0.3, 0.4) is 0 Å². The molecule has 0 bridgehead atoms. The Bertz CT molecular complexity index is 390. The lowest BCUT2D eigenvalue weighted by Crippen LogP contribution is -2.11. The molecule has 86 valence electrons. The molecule has 6 heteroatoms. The van der Waals surface area contributed by atoms with Crippen LogP contribution in [-0.4, -0.2) is 25.4 Å². The van der Waals surface area contributed by atoms with Gasteiger partial charge in [-0.05, 0) is 24.3 Å². The van der Waals surface area contributed by atoms with Gasteiger partial charge < -0.3 is 9.47 Å².